The summed E-state index contributed by atoms with van der Waals surface area (Å²) in [5, 5.41) is 7.61. The summed E-state index contributed by atoms with van der Waals surface area (Å²) in [6, 6.07) is 8.39. The highest BCUT2D eigenvalue weighted by molar-refractivity contribution is 9.10. The molecule has 1 aromatic heterocycles. The molecule has 118 valence electrons. The molecule has 0 bridgehead atoms. The first-order valence-electron chi connectivity index (χ1n) is 7.49. The molecule has 1 fully saturated rings. The van der Waals surface area contributed by atoms with Crippen molar-refractivity contribution in [3.05, 3.63) is 46.0 Å². The molecular formula is C16H21BrN4O. The summed E-state index contributed by atoms with van der Waals surface area (Å²) in [6.07, 6.45) is 0. The second-order valence-corrected chi connectivity index (χ2v) is 7.21. The Hall–Kier alpha value is -1.24. The molecule has 3 rings (SSSR count). The number of nitrogens with one attached hydrogen (secondary N) is 1. The second-order valence-electron chi connectivity index (χ2n) is 6.29. The van der Waals surface area contributed by atoms with Crippen LogP contribution in [0.1, 0.15) is 37.2 Å². The van der Waals surface area contributed by atoms with Crippen LogP contribution in [0.3, 0.4) is 0 Å². The van der Waals surface area contributed by atoms with Crippen molar-refractivity contribution in [2.75, 3.05) is 26.7 Å². The number of aromatic nitrogens is 2. The quantitative estimate of drug-likeness (QED) is 0.907. The van der Waals surface area contributed by atoms with Gasteiger partial charge in [-0.2, -0.15) is 4.98 Å². The number of halogens is 1. The molecule has 1 aromatic carbocycles. The van der Waals surface area contributed by atoms with Gasteiger partial charge in [-0.3, -0.25) is 4.90 Å². The predicted molar refractivity (Wildman–Crippen MR) is 88.8 cm³/mol. The van der Waals surface area contributed by atoms with Crippen LogP contribution in [0.15, 0.2) is 33.3 Å². The molecular weight excluding hydrogens is 344 g/mol. The minimum absolute atomic E-state index is 0.171. The lowest BCUT2D eigenvalue weighted by molar-refractivity contribution is 0.190. The van der Waals surface area contributed by atoms with Gasteiger partial charge in [-0.15, -0.1) is 0 Å². The highest BCUT2D eigenvalue weighted by Gasteiger charge is 2.32. The van der Waals surface area contributed by atoms with Crippen molar-refractivity contribution in [1.29, 1.82) is 0 Å². The number of hydrogen-bond acceptors (Lipinski definition) is 5. The minimum Gasteiger partial charge on any atom is -0.338 e. The Morgan fingerprint density at radius 1 is 1.41 bits per heavy atom. The number of nitrogens with zero attached hydrogens (tertiary/aromatic N) is 3. The third kappa shape index (κ3) is 2.95. The van der Waals surface area contributed by atoms with Crippen LogP contribution in [0.2, 0.25) is 0 Å². The zero-order chi connectivity index (χ0) is 15.7. The normalized spacial score (nSPS) is 20.3. The zero-order valence-electron chi connectivity index (χ0n) is 13.1. The lowest BCUT2D eigenvalue weighted by Crippen LogP contribution is -2.44. The van der Waals surface area contributed by atoms with E-state index in [9.17, 15) is 0 Å². The van der Waals surface area contributed by atoms with Gasteiger partial charge in [0.15, 0.2) is 5.82 Å². The highest BCUT2D eigenvalue weighted by atomic mass is 79.9. The fraction of sp³-hybridized carbons (Fsp3) is 0.500. The fourth-order valence-electron chi connectivity index (χ4n) is 2.72. The third-order valence-corrected chi connectivity index (χ3v) is 4.83. The molecule has 6 heteroatoms. The Kier molecular flexibility index (Phi) is 4.34. The van der Waals surface area contributed by atoms with Gasteiger partial charge in [0.1, 0.15) is 0 Å². The van der Waals surface area contributed by atoms with E-state index in [1.807, 2.05) is 12.1 Å². The van der Waals surface area contributed by atoms with Gasteiger partial charge in [-0.25, -0.2) is 0 Å². The predicted octanol–water partition coefficient (Wildman–Crippen LogP) is 2.73. The summed E-state index contributed by atoms with van der Waals surface area (Å²) >= 11 is 3.52. The summed E-state index contributed by atoms with van der Waals surface area (Å²) in [5.41, 5.74) is 0.822. The van der Waals surface area contributed by atoms with Crippen LogP contribution in [0.25, 0.3) is 0 Å². The minimum atomic E-state index is -0.324. The van der Waals surface area contributed by atoms with E-state index >= 15 is 0 Å². The zero-order valence-corrected chi connectivity index (χ0v) is 14.7. The van der Waals surface area contributed by atoms with Crippen molar-refractivity contribution in [3.8, 4) is 0 Å². The summed E-state index contributed by atoms with van der Waals surface area (Å²) in [4.78, 5) is 6.95. The topological polar surface area (TPSA) is 54.2 Å². The van der Waals surface area contributed by atoms with Crippen molar-refractivity contribution >= 4 is 15.9 Å². The Bertz CT molecular complexity index is 655. The van der Waals surface area contributed by atoms with Crippen LogP contribution >= 0.6 is 15.9 Å². The van der Waals surface area contributed by atoms with Crippen LogP contribution in [-0.2, 0) is 5.41 Å². The number of piperazine rings is 1. The van der Waals surface area contributed by atoms with Crippen LogP contribution in [0, 0.1) is 0 Å². The van der Waals surface area contributed by atoms with Crippen molar-refractivity contribution in [2.24, 2.45) is 0 Å². The molecule has 1 N–H and O–H groups in total. The van der Waals surface area contributed by atoms with Crippen LogP contribution in [-0.4, -0.2) is 41.7 Å². The highest BCUT2D eigenvalue weighted by Crippen LogP contribution is 2.32. The van der Waals surface area contributed by atoms with E-state index in [4.69, 9.17) is 4.52 Å². The van der Waals surface area contributed by atoms with Crippen LogP contribution in [0.5, 0.6) is 0 Å². The van der Waals surface area contributed by atoms with Crippen molar-refractivity contribution in [1.82, 2.24) is 20.4 Å². The Balaban J connectivity index is 1.89. The molecule has 0 radical (unpaired) electrons. The first kappa shape index (κ1) is 15.6. The van der Waals surface area contributed by atoms with Gasteiger partial charge in [0.2, 0.25) is 5.89 Å². The second kappa shape index (κ2) is 6.10. The molecule has 2 aromatic rings. The maximum Gasteiger partial charge on any atom is 0.236 e. The van der Waals surface area contributed by atoms with E-state index in [1.54, 1.807) is 0 Å². The van der Waals surface area contributed by atoms with Crippen LogP contribution in [0.4, 0.5) is 0 Å². The summed E-state index contributed by atoms with van der Waals surface area (Å²) in [6.45, 7) is 7.06. The third-order valence-electron chi connectivity index (χ3n) is 4.33. The molecule has 1 aliphatic rings. The van der Waals surface area contributed by atoms with E-state index in [-0.39, 0.29) is 11.5 Å². The van der Waals surface area contributed by atoms with Gasteiger partial charge in [-0.1, -0.05) is 33.2 Å². The smallest absolute Gasteiger partial charge is 0.236 e. The first-order chi connectivity index (χ1) is 10.5. The van der Waals surface area contributed by atoms with Gasteiger partial charge in [-0.05, 0) is 38.6 Å². The molecule has 1 unspecified atom stereocenters. The molecule has 2 heterocycles. The standard InChI is InChI=1S/C16H21BrN4O/c1-16(2,11-5-4-6-12(17)9-11)15-19-14(20-22-15)13-10-18-7-8-21(13)3/h4-6,9,13,18H,7-8,10H2,1-3H3. The summed E-state index contributed by atoms with van der Waals surface area (Å²) in [5.74, 6) is 1.41. The van der Waals surface area contributed by atoms with Crippen molar-refractivity contribution in [2.45, 2.75) is 25.3 Å². The monoisotopic (exact) mass is 364 g/mol. The van der Waals surface area contributed by atoms with E-state index < -0.39 is 0 Å². The fourth-order valence-corrected chi connectivity index (χ4v) is 3.12. The Morgan fingerprint density at radius 3 is 2.95 bits per heavy atom. The van der Waals surface area contributed by atoms with Crippen molar-refractivity contribution in [3.63, 3.8) is 0 Å². The molecule has 22 heavy (non-hydrogen) atoms. The van der Waals surface area contributed by atoms with E-state index in [1.165, 1.54) is 0 Å². The maximum atomic E-state index is 5.59. The average molecular weight is 365 g/mol. The maximum absolute atomic E-state index is 5.59. The lowest BCUT2D eigenvalue weighted by Gasteiger charge is -2.30. The molecule has 0 amide bonds. The largest absolute Gasteiger partial charge is 0.338 e. The van der Waals surface area contributed by atoms with E-state index in [2.05, 4.69) is 69.3 Å². The van der Waals surface area contributed by atoms with Crippen LogP contribution < -0.4 is 5.32 Å². The summed E-state index contributed by atoms with van der Waals surface area (Å²) < 4.78 is 6.64. The number of benzene rings is 1. The van der Waals surface area contributed by atoms with E-state index in [0.29, 0.717) is 5.89 Å². The molecule has 5 nitrogen and oxygen atoms in total. The molecule has 0 spiro atoms. The number of likely N-dealkylation sites (N-methyl/N-ethyl adjacent to an activating group) is 1. The first-order valence-corrected chi connectivity index (χ1v) is 8.29. The number of hydrogen-bond donors (Lipinski definition) is 1. The SMILES string of the molecule is CN1CCNCC1c1noc(C(C)(C)c2cccc(Br)c2)n1. The number of rotatable bonds is 3. The van der Waals surface area contributed by atoms with Gasteiger partial charge in [0.05, 0.1) is 11.5 Å². The van der Waals surface area contributed by atoms with Gasteiger partial charge in [0, 0.05) is 24.1 Å². The molecule has 1 aliphatic heterocycles. The Labute approximate surface area is 139 Å². The Morgan fingerprint density at radius 2 is 2.23 bits per heavy atom. The van der Waals surface area contributed by atoms with Gasteiger partial charge in [0.25, 0.3) is 0 Å². The molecule has 1 saturated heterocycles. The molecule has 0 aliphatic carbocycles. The van der Waals surface area contributed by atoms with E-state index in [0.717, 1.165) is 35.5 Å². The lowest BCUT2D eigenvalue weighted by atomic mass is 9.84. The molecule has 1 atom stereocenters. The summed E-state index contributed by atoms with van der Waals surface area (Å²) in [7, 11) is 2.10. The average Bonchev–Trinajstić information content (AvgIpc) is 2.98. The van der Waals surface area contributed by atoms with Gasteiger partial charge >= 0.3 is 0 Å². The van der Waals surface area contributed by atoms with Gasteiger partial charge < -0.3 is 9.84 Å². The van der Waals surface area contributed by atoms with Crippen molar-refractivity contribution < 1.29 is 4.52 Å². The molecule has 0 saturated carbocycles.